The van der Waals surface area contributed by atoms with Gasteiger partial charge in [0, 0.05) is 48.2 Å². The van der Waals surface area contributed by atoms with Gasteiger partial charge in [0.15, 0.2) is 0 Å². The first-order chi connectivity index (χ1) is 42.4. The first-order valence-corrected chi connectivity index (χ1v) is 31.2. The number of ether oxygens (including phenoxy) is 7. The number of thiocarbonyl (C=S) groups is 1. The average Bonchev–Trinajstić information content (AvgIpc) is 3.09. The SMILES string of the molecule is CCSC(=S)SC(CC(C)C(=O)OCCCCOC(=O)/C(=C/c1ccccc1)CC(C)(C)OC=O)C(=O)OC.COC(=O)/C(=C/c1ccccc1)CC(C)C(C)=O.COC(=O)/C(=C/c1ccccc1)CC(CC(C)C(C)=O)C(=O)OC.C[O-].OCCCCO.[Na+]. The second kappa shape index (κ2) is 53.8. The number of aliphatic hydroxyl groups excluding tert-OH is 2. The van der Waals surface area contributed by atoms with E-state index in [9.17, 15) is 43.2 Å². The van der Waals surface area contributed by atoms with E-state index in [1.807, 2.05) is 105 Å². The molecule has 0 heterocycles. The van der Waals surface area contributed by atoms with Crippen molar-refractivity contribution in [2.45, 2.75) is 124 Å². The Morgan fingerprint density at radius 2 is 0.989 bits per heavy atom. The standard InChI is InChI=1S/C28H38O8S3.C19H24O5.C15H18O3.C4H10O2.CH3O.Na/c1-6-38-27(37)39-23(26(32)33-5)16-20(2)24(30)34-14-10-11-15-35-25(31)22(18-28(3,4)36-19-29)17-21-12-8-7-9-13-21;1-13(14(2)20)10-16(18(21)23-3)12-17(19(22)24-4)11-15-8-6-5-7-9-15;1-11(12(2)16)9-14(15(17)18-3)10-13-7-5-4-6-8-13;5-3-1-2-4-6;1-2;/h7-9,12-13,17,19-20,23H,6,10-11,14-16,18H2,1-5H3;5-9,11,13,16H,10,12H2,1-4H3;4-8,10-11H,9H2,1-3H3;5-6H,1-4H2;1H3;/q;;;;-1;+1/b22-17+;17-11+;14-10+;;;. The number of hydrogen-bond donors (Lipinski definition) is 2. The van der Waals surface area contributed by atoms with Gasteiger partial charge < -0.3 is 48.5 Å². The van der Waals surface area contributed by atoms with Gasteiger partial charge in [0.05, 0.1) is 53.5 Å². The zero-order valence-corrected chi connectivity index (χ0v) is 59.3. The summed E-state index contributed by atoms with van der Waals surface area (Å²) in [5, 5.41) is 23.8. The summed E-state index contributed by atoms with van der Waals surface area (Å²) in [6.45, 7) is 14.7. The maximum Gasteiger partial charge on any atom is 1.00 e. The van der Waals surface area contributed by atoms with Crippen LogP contribution in [0.3, 0.4) is 0 Å². The van der Waals surface area contributed by atoms with Crippen LogP contribution in [0, 0.1) is 23.7 Å². The van der Waals surface area contributed by atoms with Crippen LogP contribution in [0.2, 0.25) is 0 Å². The second-order valence-corrected chi connectivity index (χ2v) is 24.0. The van der Waals surface area contributed by atoms with Crippen molar-refractivity contribution in [3.63, 3.8) is 0 Å². The van der Waals surface area contributed by atoms with Crippen molar-refractivity contribution in [1.82, 2.24) is 0 Å². The number of thioether (sulfide) groups is 2. The monoisotopic (exact) mass is 1320 g/mol. The Labute approximate surface area is 568 Å². The van der Waals surface area contributed by atoms with Crippen molar-refractivity contribution < 1.29 is 121 Å². The Morgan fingerprint density at radius 3 is 1.38 bits per heavy atom. The van der Waals surface area contributed by atoms with Gasteiger partial charge in [-0.3, -0.25) is 28.8 Å². The molecular weight excluding hydrogens is 1230 g/mol. The Morgan fingerprint density at radius 1 is 0.567 bits per heavy atom. The Balaban J connectivity index is -0.00000126. The molecule has 0 aliphatic heterocycles. The second-order valence-electron chi connectivity index (χ2n) is 20.4. The van der Waals surface area contributed by atoms with Crippen molar-refractivity contribution >= 4 is 111 Å². The van der Waals surface area contributed by atoms with E-state index >= 15 is 0 Å². The molecule has 0 bridgehead atoms. The van der Waals surface area contributed by atoms with Crippen molar-refractivity contribution in [2.24, 2.45) is 23.7 Å². The van der Waals surface area contributed by atoms with E-state index in [2.05, 4.69) is 0 Å². The Kier molecular flexibility index (Phi) is 52.8. The minimum Gasteiger partial charge on any atom is -0.857 e. The number of rotatable bonds is 33. The van der Waals surface area contributed by atoms with E-state index in [4.69, 9.17) is 60.7 Å². The third kappa shape index (κ3) is 41.5. The molecule has 494 valence electrons. The number of unbranched alkanes of at least 4 members (excludes halogenated alkanes) is 2. The van der Waals surface area contributed by atoms with E-state index in [0.717, 1.165) is 42.4 Å². The number of benzene rings is 3. The van der Waals surface area contributed by atoms with Gasteiger partial charge in [-0.1, -0.05) is 143 Å². The van der Waals surface area contributed by atoms with Gasteiger partial charge in [-0.15, -0.1) is 11.8 Å². The summed E-state index contributed by atoms with van der Waals surface area (Å²) in [4.78, 5) is 107. The van der Waals surface area contributed by atoms with Crippen LogP contribution in [0.15, 0.2) is 108 Å². The molecule has 0 saturated heterocycles. The van der Waals surface area contributed by atoms with E-state index < -0.39 is 52.5 Å². The quantitative estimate of drug-likeness (QED) is 0.0115. The fraction of sp³-hybridized carbons (Fsp3) is 0.493. The van der Waals surface area contributed by atoms with Crippen LogP contribution in [-0.4, -0.2) is 146 Å². The summed E-state index contributed by atoms with van der Waals surface area (Å²) < 4.78 is 35.8. The van der Waals surface area contributed by atoms with Crippen LogP contribution in [0.5, 0.6) is 0 Å². The molecule has 0 spiro atoms. The summed E-state index contributed by atoms with van der Waals surface area (Å²) in [6, 6.07) is 28.1. The fourth-order valence-corrected chi connectivity index (χ4v) is 10.2. The largest absolute Gasteiger partial charge is 1.00 e. The molecule has 3 aromatic rings. The number of carbonyl (C=O) groups is 9. The molecule has 0 saturated carbocycles. The number of esters is 6. The van der Waals surface area contributed by atoms with Gasteiger partial charge in [-0.25, -0.2) is 14.4 Å². The predicted molar refractivity (Wildman–Crippen MR) is 351 cm³/mol. The van der Waals surface area contributed by atoms with E-state index in [1.54, 1.807) is 45.9 Å². The molecule has 0 fully saturated rings. The molecule has 3 rings (SSSR count). The van der Waals surface area contributed by atoms with Crippen LogP contribution in [-0.2, 0) is 76.3 Å². The van der Waals surface area contributed by atoms with Gasteiger partial charge in [0.25, 0.3) is 6.47 Å². The smallest absolute Gasteiger partial charge is 0.857 e. The molecule has 0 radical (unpaired) electrons. The van der Waals surface area contributed by atoms with Gasteiger partial charge in [-0.05, 0) is 120 Å². The van der Waals surface area contributed by atoms with Crippen LogP contribution >= 0.6 is 35.7 Å². The molecule has 2 N–H and O–H groups in total. The van der Waals surface area contributed by atoms with E-state index in [-0.39, 0.29) is 105 Å². The normalized spacial score (nSPS) is 12.6. The maximum atomic E-state index is 12.8. The van der Waals surface area contributed by atoms with Crippen LogP contribution in [0.1, 0.15) is 130 Å². The molecule has 5 unspecified atom stereocenters. The first-order valence-electron chi connectivity index (χ1n) is 28.9. The van der Waals surface area contributed by atoms with Crippen LogP contribution in [0.4, 0.5) is 0 Å². The summed E-state index contributed by atoms with van der Waals surface area (Å²) >= 11 is 7.96. The third-order valence-corrected chi connectivity index (χ3v) is 15.3. The van der Waals surface area contributed by atoms with Gasteiger partial charge in [-0.2, -0.15) is 7.11 Å². The molecule has 5 atom stereocenters. The summed E-state index contributed by atoms with van der Waals surface area (Å²) in [7, 11) is 6.00. The molecule has 19 nitrogen and oxygen atoms in total. The zero-order valence-electron chi connectivity index (χ0n) is 54.8. The molecule has 0 amide bonds. The number of Topliss-reactive ketones (excluding diaryl/α,β-unsaturated/α-hetero) is 2. The van der Waals surface area contributed by atoms with E-state index in [0.29, 0.717) is 52.4 Å². The fourth-order valence-electron chi connectivity index (χ4n) is 7.50. The zero-order chi connectivity index (χ0) is 67.7. The van der Waals surface area contributed by atoms with Gasteiger partial charge >= 0.3 is 65.4 Å². The first kappa shape index (κ1) is 88.4. The molecule has 3 aromatic carbocycles. The van der Waals surface area contributed by atoms with Gasteiger partial charge in [0.1, 0.15) is 25.9 Å². The third-order valence-electron chi connectivity index (χ3n) is 12.6. The minimum absolute atomic E-state index is 0. The van der Waals surface area contributed by atoms with E-state index in [1.165, 1.54) is 65.8 Å². The van der Waals surface area contributed by atoms with Crippen LogP contribution < -0.4 is 34.7 Å². The number of ketones is 2. The number of aliphatic hydroxyl groups is 2. The molecular formula is C67H93NaO19S3. The minimum atomic E-state index is -0.878. The molecule has 90 heavy (non-hydrogen) atoms. The topological polar surface area (TPSA) is 282 Å². The molecule has 0 aliphatic carbocycles. The van der Waals surface area contributed by atoms with Gasteiger partial charge in [0.2, 0.25) is 0 Å². The number of methoxy groups -OCH3 is 4. The Bertz CT molecular complexity index is 2660. The molecule has 0 aromatic heterocycles. The number of hydrogen-bond acceptors (Lipinski definition) is 22. The molecule has 0 aliphatic rings. The van der Waals surface area contributed by atoms with Crippen molar-refractivity contribution in [2.75, 3.05) is 67.7 Å². The number of carbonyl (C=O) groups excluding carboxylic acids is 9. The maximum absolute atomic E-state index is 12.8. The Hall–Kier alpha value is -5.82. The van der Waals surface area contributed by atoms with Crippen LogP contribution in [0.25, 0.3) is 18.2 Å². The summed E-state index contributed by atoms with van der Waals surface area (Å²) in [5.41, 5.74) is 2.97. The van der Waals surface area contributed by atoms with Crippen molar-refractivity contribution in [1.29, 1.82) is 0 Å². The van der Waals surface area contributed by atoms with Crippen molar-refractivity contribution in [3.8, 4) is 0 Å². The molecule has 23 heteroatoms. The average molecular weight is 1320 g/mol. The predicted octanol–water partition coefficient (Wildman–Crippen LogP) is 7.24. The van der Waals surface area contributed by atoms with Crippen molar-refractivity contribution in [3.05, 3.63) is 124 Å². The summed E-state index contributed by atoms with van der Waals surface area (Å²) in [6.07, 6.45) is 8.92. The summed E-state index contributed by atoms with van der Waals surface area (Å²) in [5.74, 6) is -3.37.